The molecule has 0 atom stereocenters. The molecule has 1 aromatic carbocycles. The van der Waals surface area contributed by atoms with Crippen LogP contribution in [0.2, 0.25) is 0 Å². The third-order valence-electron chi connectivity index (χ3n) is 6.92. The van der Waals surface area contributed by atoms with E-state index in [0.29, 0.717) is 29.0 Å². The summed E-state index contributed by atoms with van der Waals surface area (Å²) in [5.41, 5.74) is 3.35. The molecular weight excluding hydrogens is 486 g/mol. The smallest absolute Gasteiger partial charge is 0.268 e. The standard InChI is InChI=1S/C28H29N5O3S/c1-3-26(35)32(2)13-12-18-14-21(15-18)33-23-7-5-4-6-22(23)30-28(33)31-27(36)25-11-10-24(37-25)19-8-9-20(17-34)29-16-19/h3-11,16,18,21,34H,1,12-15,17H2,2H3,(H,30,31,36). The number of carbonyl (C=O) groups is 2. The number of fused-ring (bicyclic) bond motifs is 1. The Morgan fingerprint density at radius 1 is 1.22 bits per heavy atom. The quantitative estimate of drug-likeness (QED) is 0.309. The number of para-hydroxylation sites is 2. The molecule has 0 spiro atoms. The molecule has 37 heavy (non-hydrogen) atoms. The summed E-state index contributed by atoms with van der Waals surface area (Å²) in [4.78, 5) is 37.1. The number of imidazole rings is 1. The number of hydrogen-bond acceptors (Lipinski definition) is 6. The Hall–Kier alpha value is -3.82. The van der Waals surface area contributed by atoms with Crippen LogP contribution in [0.25, 0.3) is 21.5 Å². The van der Waals surface area contributed by atoms with E-state index in [1.54, 1.807) is 24.2 Å². The van der Waals surface area contributed by atoms with E-state index in [1.165, 1.54) is 17.4 Å². The van der Waals surface area contributed by atoms with Crippen molar-refractivity contribution in [3.8, 4) is 10.4 Å². The first-order valence-electron chi connectivity index (χ1n) is 12.3. The van der Waals surface area contributed by atoms with Gasteiger partial charge in [0.25, 0.3) is 5.91 Å². The van der Waals surface area contributed by atoms with E-state index in [0.717, 1.165) is 40.7 Å². The number of aromatic nitrogens is 3. The van der Waals surface area contributed by atoms with Crippen LogP contribution in [0.15, 0.2) is 67.4 Å². The highest BCUT2D eigenvalue weighted by molar-refractivity contribution is 7.17. The highest BCUT2D eigenvalue weighted by atomic mass is 32.1. The summed E-state index contributed by atoms with van der Waals surface area (Å²) in [6.07, 6.45) is 5.93. The van der Waals surface area contributed by atoms with Gasteiger partial charge >= 0.3 is 0 Å². The van der Waals surface area contributed by atoms with Gasteiger partial charge in [0, 0.05) is 36.3 Å². The number of rotatable bonds is 9. The third-order valence-corrected chi connectivity index (χ3v) is 8.05. The molecule has 0 bridgehead atoms. The average Bonchev–Trinajstić information content (AvgIpc) is 3.53. The molecule has 190 valence electrons. The van der Waals surface area contributed by atoms with Gasteiger partial charge in [-0.1, -0.05) is 24.8 Å². The van der Waals surface area contributed by atoms with Gasteiger partial charge in [0.15, 0.2) is 0 Å². The second-order valence-electron chi connectivity index (χ2n) is 9.35. The van der Waals surface area contributed by atoms with Crippen molar-refractivity contribution in [2.45, 2.75) is 31.9 Å². The van der Waals surface area contributed by atoms with Gasteiger partial charge in [-0.2, -0.15) is 0 Å². The molecular formula is C28H29N5O3S. The molecule has 2 N–H and O–H groups in total. The molecule has 0 aliphatic heterocycles. The number of carbonyl (C=O) groups excluding carboxylic acids is 2. The number of pyridine rings is 1. The van der Waals surface area contributed by atoms with Gasteiger partial charge in [-0.3, -0.25) is 19.9 Å². The summed E-state index contributed by atoms with van der Waals surface area (Å²) in [6.45, 7) is 4.15. The van der Waals surface area contributed by atoms with Crippen LogP contribution in [0.1, 0.15) is 40.7 Å². The van der Waals surface area contributed by atoms with E-state index in [-0.39, 0.29) is 24.5 Å². The SMILES string of the molecule is C=CC(=O)N(C)CCC1CC(n2c(NC(=O)c3ccc(-c4ccc(CO)nc4)s3)nc3ccccc32)C1. The predicted molar refractivity (Wildman–Crippen MR) is 145 cm³/mol. The van der Waals surface area contributed by atoms with E-state index in [2.05, 4.69) is 21.4 Å². The fourth-order valence-electron chi connectivity index (χ4n) is 4.73. The maximum atomic E-state index is 13.2. The zero-order chi connectivity index (χ0) is 25.9. The largest absolute Gasteiger partial charge is 0.390 e. The predicted octanol–water partition coefficient (Wildman–Crippen LogP) is 4.89. The molecule has 1 aliphatic rings. The minimum Gasteiger partial charge on any atom is -0.390 e. The van der Waals surface area contributed by atoms with Crippen molar-refractivity contribution in [2.75, 3.05) is 18.9 Å². The lowest BCUT2D eigenvalue weighted by Gasteiger charge is -2.38. The number of aliphatic hydroxyl groups excluding tert-OH is 1. The van der Waals surface area contributed by atoms with E-state index < -0.39 is 0 Å². The Labute approximate surface area is 219 Å². The summed E-state index contributed by atoms with van der Waals surface area (Å²) in [6, 6.07) is 15.5. The van der Waals surface area contributed by atoms with Gasteiger partial charge in [-0.05, 0) is 61.6 Å². The number of amides is 2. The fourth-order valence-corrected chi connectivity index (χ4v) is 5.62. The van der Waals surface area contributed by atoms with E-state index in [9.17, 15) is 14.7 Å². The molecule has 1 saturated carbocycles. The lowest BCUT2D eigenvalue weighted by molar-refractivity contribution is -0.125. The minimum absolute atomic E-state index is 0.0587. The van der Waals surface area contributed by atoms with Crippen LogP contribution in [0.3, 0.4) is 0 Å². The molecule has 0 saturated heterocycles. The maximum Gasteiger partial charge on any atom is 0.268 e. The zero-order valence-electron chi connectivity index (χ0n) is 20.6. The van der Waals surface area contributed by atoms with E-state index >= 15 is 0 Å². The number of hydrogen-bond donors (Lipinski definition) is 2. The Morgan fingerprint density at radius 3 is 2.76 bits per heavy atom. The Kier molecular flexibility index (Phi) is 7.16. The Bertz CT molecular complexity index is 1440. The summed E-state index contributed by atoms with van der Waals surface area (Å²) in [7, 11) is 1.80. The van der Waals surface area contributed by atoms with E-state index in [1.807, 2.05) is 42.5 Å². The van der Waals surface area contributed by atoms with Crippen molar-refractivity contribution < 1.29 is 14.7 Å². The summed E-state index contributed by atoms with van der Waals surface area (Å²) in [5, 5.41) is 12.3. The molecule has 3 aromatic heterocycles. The van der Waals surface area contributed by atoms with Crippen molar-refractivity contribution in [1.29, 1.82) is 0 Å². The molecule has 1 fully saturated rings. The van der Waals surface area contributed by atoms with Gasteiger partial charge in [0.05, 0.1) is 28.2 Å². The highest BCUT2D eigenvalue weighted by Crippen LogP contribution is 2.43. The number of nitrogens with zero attached hydrogens (tertiary/aromatic N) is 4. The molecule has 8 nitrogen and oxygen atoms in total. The third kappa shape index (κ3) is 5.19. The van der Waals surface area contributed by atoms with Gasteiger partial charge in [-0.25, -0.2) is 4.98 Å². The number of anilines is 1. The Morgan fingerprint density at radius 2 is 2.03 bits per heavy atom. The second-order valence-corrected chi connectivity index (χ2v) is 10.4. The first-order chi connectivity index (χ1) is 18.0. The summed E-state index contributed by atoms with van der Waals surface area (Å²) >= 11 is 1.39. The van der Waals surface area contributed by atoms with Crippen LogP contribution in [-0.2, 0) is 11.4 Å². The van der Waals surface area contributed by atoms with Crippen molar-refractivity contribution >= 4 is 40.1 Å². The van der Waals surface area contributed by atoms with Crippen LogP contribution < -0.4 is 5.32 Å². The van der Waals surface area contributed by atoms with Crippen molar-refractivity contribution in [1.82, 2.24) is 19.4 Å². The van der Waals surface area contributed by atoms with Gasteiger partial charge in [0.1, 0.15) is 0 Å². The average molecular weight is 516 g/mol. The number of benzene rings is 1. The normalized spacial score (nSPS) is 16.8. The molecule has 0 unspecified atom stereocenters. The molecule has 9 heteroatoms. The van der Waals surface area contributed by atoms with Crippen LogP contribution >= 0.6 is 11.3 Å². The number of aliphatic hydroxyl groups is 1. The molecule has 5 rings (SSSR count). The van der Waals surface area contributed by atoms with Crippen LogP contribution in [0.4, 0.5) is 5.95 Å². The summed E-state index contributed by atoms with van der Waals surface area (Å²) < 4.78 is 2.15. The Balaban J connectivity index is 1.30. The van der Waals surface area contributed by atoms with Crippen LogP contribution in [0.5, 0.6) is 0 Å². The lowest BCUT2D eigenvalue weighted by atomic mass is 9.78. The molecule has 4 aromatic rings. The van der Waals surface area contributed by atoms with Gasteiger partial charge < -0.3 is 14.6 Å². The molecule has 0 radical (unpaired) electrons. The summed E-state index contributed by atoms with van der Waals surface area (Å²) in [5.74, 6) is 0.808. The first kappa shape index (κ1) is 24.9. The van der Waals surface area contributed by atoms with Gasteiger partial charge in [0.2, 0.25) is 11.9 Å². The lowest BCUT2D eigenvalue weighted by Crippen LogP contribution is -2.33. The maximum absolute atomic E-state index is 13.2. The minimum atomic E-state index is -0.201. The van der Waals surface area contributed by atoms with Crippen molar-refractivity contribution in [2.24, 2.45) is 5.92 Å². The zero-order valence-corrected chi connectivity index (χ0v) is 21.4. The first-order valence-corrected chi connectivity index (χ1v) is 13.1. The topological polar surface area (TPSA) is 100 Å². The molecule has 1 aliphatic carbocycles. The number of nitrogens with one attached hydrogen (secondary N) is 1. The van der Waals surface area contributed by atoms with Crippen molar-refractivity contribution in [3.63, 3.8) is 0 Å². The van der Waals surface area contributed by atoms with Gasteiger partial charge in [-0.15, -0.1) is 11.3 Å². The van der Waals surface area contributed by atoms with Crippen LogP contribution in [-0.4, -0.2) is 49.9 Å². The highest BCUT2D eigenvalue weighted by Gasteiger charge is 2.33. The fraction of sp³-hybridized carbons (Fsp3) is 0.286. The van der Waals surface area contributed by atoms with Crippen LogP contribution in [0, 0.1) is 5.92 Å². The molecule has 2 amide bonds. The van der Waals surface area contributed by atoms with E-state index in [4.69, 9.17) is 4.98 Å². The number of likely N-dealkylation sites (N-methyl/N-ethyl adjacent to an activating group) is 1. The molecule has 3 heterocycles. The monoisotopic (exact) mass is 515 g/mol. The van der Waals surface area contributed by atoms with Crippen molar-refractivity contribution in [3.05, 3.63) is 78.0 Å². The second kappa shape index (κ2) is 10.7. The number of thiophene rings is 1.